The van der Waals surface area contributed by atoms with E-state index in [4.69, 9.17) is 9.97 Å². The van der Waals surface area contributed by atoms with Crippen molar-refractivity contribution in [1.29, 1.82) is 0 Å². The molecular weight excluding hydrogens is 585 g/mol. The van der Waals surface area contributed by atoms with E-state index < -0.39 is 0 Å². The minimum atomic E-state index is 0.934. The van der Waals surface area contributed by atoms with E-state index in [1.165, 1.54) is 27.1 Å². The number of nitrogens with zero attached hydrogens (tertiary/aromatic N) is 4. The normalized spacial score (nSPS) is 11.8. The molecule has 0 aliphatic carbocycles. The first-order valence-electron chi connectivity index (χ1n) is 16.3. The first kappa shape index (κ1) is 26.7. The van der Waals surface area contributed by atoms with E-state index in [9.17, 15) is 0 Å². The standard InChI is InChI=1S/C44H28N4/c1-4-15-29(16-5-1)36-27-32(28-37(46-36)30-17-6-2-7-18-30)48-38-24-12-10-21-33(38)40-35-23-14-26-45-42(35)44-41(43(40)48)34-22-11-13-25-39(34)47(44)31-19-8-3-9-20-31/h1-28H. The maximum absolute atomic E-state index is 5.22. The maximum atomic E-state index is 5.22. The first-order chi connectivity index (χ1) is 23.8. The van der Waals surface area contributed by atoms with Crippen LogP contribution in [-0.4, -0.2) is 19.1 Å². The van der Waals surface area contributed by atoms with Gasteiger partial charge in [0.05, 0.1) is 44.7 Å². The van der Waals surface area contributed by atoms with Crippen molar-refractivity contribution in [1.82, 2.24) is 19.1 Å². The minimum absolute atomic E-state index is 0.934. The number of hydrogen-bond donors (Lipinski definition) is 0. The molecule has 0 atom stereocenters. The monoisotopic (exact) mass is 612 g/mol. The highest BCUT2D eigenvalue weighted by atomic mass is 15.0. The number of benzene rings is 6. The third-order valence-corrected chi connectivity index (χ3v) is 9.51. The summed E-state index contributed by atoms with van der Waals surface area (Å²) in [6.07, 6.45) is 1.92. The first-order valence-corrected chi connectivity index (χ1v) is 16.3. The van der Waals surface area contributed by atoms with Crippen LogP contribution in [0.15, 0.2) is 170 Å². The van der Waals surface area contributed by atoms with Gasteiger partial charge >= 0.3 is 0 Å². The Kier molecular flexibility index (Phi) is 5.84. The van der Waals surface area contributed by atoms with Crippen molar-refractivity contribution in [3.05, 3.63) is 170 Å². The predicted molar refractivity (Wildman–Crippen MR) is 199 cm³/mol. The summed E-state index contributed by atoms with van der Waals surface area (Å²) in [6, 6.07) is 57.9. The van der Waals surface area contributed by atoms with E-state index in [1.807, 2.05) is 6.20 Å². The zero-order valence-electron chi connectivity index (χ0n) is 26.0. The van der Waals surface area contributed by atoms with E-state index >= 15 is 0 Å². The van der Waals surface area contributed by atoms with Crippen LogP contribution in [0.5, 0.6) is 0 Å². The molecule has 0 fully saturated rings. The molecule has 6 aromatic carbocycles. The van der Waals surface area contributed by atoms with Crippen molar-refractivity contribution in [3.8, 4) is 33.9 Å². The summed E-state index contributed by atoms with van der Waals surface area (Å²) < 4.78 is 4.85. The molecule has 4 aromatic heterocycles. The van der Waals surface area contributed by atoms with Gasteiger partial charge in [-0.25, -0.2) is 4.98 Å². The smallest absolute Gasteiger partial charge is 0.0956 e. The van der Waals surface area contributed by atoms with Crippen LogP contribution in [0, 0.1) is 0 Å². The molecule has 4 heterocycles. The van der Waals surface area contributed by atoms with E-state index in [2.05, 4.69) is 173 Å². The van der Waals surface area contributed by atoms with Crippen molar-refractivity contribution >= 4 is 54.5 Å². The van der Waals surface area contributed by atoms with Crippen LogP contribution in [0.1, 0.15) is 0 Å². The lowest BCUT2D eigenvalue weighted by molar-refractivity contribution is 1.16. The van der Waals surface area contributed by atoms with Crippen molar-refractivity contribution in [2.45, 2.75) is 0 Å². The molecule has 0 saturated heterocycles. The summed E-state index contributed by atoms with van der Waals surface area (Å²) in [4.78, 5) is 10.3. The van der Waals surface area contributed by atoms with Gasteiger partial charge in [-0.15, -0.1) is 0 Å². The molecule has 224 valence electrons. The molecule has 0 unspecified atom stereocenters. The largest absolute Gasteiger partial charge is 0.308 e. The Morgan fingerprint density at radius 1 is 0.396 bits per heavy atom. The highest BCUT2D eigenvalue weighted by Crippen LogP contribution is 2.46. The second-order valence-corrected chi connectivity index (χ2v) is 12.2. The zero-order chi connectivity index (χ0) is 31.6. The molecule has 4 heteroatoms. The van der Waals surface area contributed by atoms with Gasteiger partial charge in [-0.3, -0.25) is 4.98 Å². The van der Waals surface area contributed by atoms with Gasteiger partial charge in [0.15, 0.2) is 0 Å². The number of hydrogen-bond acceptors (Lipinski definition) is 2. The molecule has 48 heavy (non-hydrogen) atoms. The molecule has 0 saturated carbocycles. The second kappa shape index (κ2) is 10.5. The molecule has 4 nitrogen and oxygen atoms in total. The molecule has 0 amide bonds. The highest BCUT2D eigenvalue weighted by Gasteiger charge is 2.25. The Labute approximate surface area is 276 Å². The maximum Gasteiger partial charge on any atom is 0.0956 e. The summed E-state index contributed by atoms with van der Waals surface area (Å²) in [7, 11) is 0. The average molecular weight is 613 g/mol. The average Bonchev–Trinajstić information content (AvgIpc) is 3.70. The lowest BCUT2D eigenvalue weighted by atomic mass is 10.0. The lowest BCUT2D eigenvalue weighted by Crippen LogP contribution is -1.99. The number of fused-ring (bicyclic) bond motifs is 10. The van der Waals surface area contributed by atoms with Crippen molar-refractivity contribution < 1.29 is 0 Å². The van der Waals surface area contributed by atoms with Crippen LogP contribution in [0.2, 0.25) is 0 Å². The fraction of sp³-hybridized carbons (Fsp3) is 0. The molecule has 10 aromatic rings. The molecule has 0 N–H and O–H groups in total. The molecule has 0 aliphatic rings. The molecule has 0 bridgehead atoms. The molecule has 10 rings (SSSR count). The van der Waals surface area contributed by atoms with Gasteiger partial charge in [-0.05, 0) is 42.5 Å². The van der Waals surface area contributed by atoms with Crippen molar-refractivity contribution in [2.75, 3.05) is 0 Å². The van der Waals surface area contributed by atoms with Gasteiger partial charge < -0.3 is 9.13 Å². The van der Waals surface area contributed by atoms with Crippen LogP contribution < -0.4 is 0 Å². The summed E-state index contributed by atoms with van der Waals surface area (Å²) >= 11 is 0. The van der Waals surface area contributed by atoms with Crippen LogP contribution in [0.25, 0.3) is 88.4 Å². The number of rotatable bonds is 4. The van der Waals surface area contributed by atoms with Crippen LogP contribution in [0.3, 0.4) is 0 Å². The van der Waals surface area contributed by atoms with Gasteiger partial charge in [-0.1, -0.05) is 121 Å². The number of aromatic nitrogens is 4. The fourth-order valence-corrected chi connectivity index (χ4v) is 7.52. The fourth-order valence-electron chi connectivity index (χ4n) is 7.52. The second-order valence-electron chi connectivity index (χ2n) is 12.2. The molecular formula is C44H28N4. The highest BCUT2D eigenvalue weighted by molar-refractivity contribution is 6.36. The molecule has 0 radical (unpaired) electrons. The van der Waals surface area contributed by atoms with Gasteiger partial charge in [0.25, 0.3) is 0 Å². The van der Waals surface area contributed by atoms with Gasteiger partial charge in [0.2, 0.25) is 0 Å². The number of para-hydroxylation sites is 3. The van der Waals surface area contributed by atoms with Crippen LogP contribution >= 0.6 is 0 Å². The van der Waals surface area contributed by atoms with E-state index in [-0.39, 0.29) is 0 Å². The Balaban J connectivity index is 1.45. The Morgan fingerprint density at radius 3 is 1.52 bits per heavy atom. The number of pyridine rings is 2. The quantitative estimate of drug-likeness (QED) is 0.198. The van der Waals surface area contributed by atoms with E-state index in [0.717, 1.165) is 61.3 Å². The van der Waals surface area contributed by atoms with E-state index in [1.54, 1.807) is 0 Å². The topological polar surface area (TPSA) is 35.6 Å². The molecule has 0 spiro atoms. The third kappa shape index (κ3) is 3.90. The SMILES string of the molecule is c1ccc(-c2cc(-n3c4ccccc4c4c5cccnc5c5c(c6ccccc6n5-c5ccccc5)c43)cc(-c3ccccc3)n2)cc1. The zero-order valence-corrected chi connectivity index (χ0v) is 26.0. The predicted octanol–water partition coefficient (Wildman–Crippen LogP) is 11.2. The lowest BCUT2D eigenvalue weighted by Gasteiger charge is -2.15. The van der Waals surface area contributed by atoms with Gasteiger partial charge in [-0.2, -0.15) is 0 Å². The molecule has 0 aliphatic heterocycles. The van der Waals surface area contributed by atoms with Crippen molar-refractivity contribution in [2.24, 2.45) is 0 Å². The summed E-state index contributed by atoms with van der Waals surface area (Å²) in [6.45, 7) is 0. The Morgan fingerprint density at radius 2 is 0.896 bits per heavy atom. The summed E-state index contributed by atoms with van der Waals surface area (Å²) in [5.41, 5.74) is 11.8. The van der Waals surface area contributed by atoms with Gasteiger partial charge in [0, 0.05) is 49.9 Å². The van der Waals surface area contributed by atoms with Crippen molar-refractivity contribution in [3.63, 3.8) is 0 Å². The van der Waals surface area contributed by atoms with Crippen LogP contribution in [-0.2, 0) is 0 Å². The van der Waals surface area contributed by atoms with Gasteiger partial charge in [0.1, 0.15) is 0 Å². The third-order valence-electron chi connectivity index (χ3n) is 9.51. The Hall–Kier alpha value is -6.52. The summed E-state index contributed by atoms with van der Waals surface area (Å²) in [5, 5.41) is 5.92. The Bertz CT molecular complexity index is 2760. The van der Waals surface area contributed by atoms with E-state index in [0.29, 0.717) is 0 Å². The van der Waals surface area contributed by atoms with Crippen LogP contribution in [0.4, 0.5) is 0 Å². The minimum Gasteiger partial charge on any atom is -0.308 e. The summed E-state index contributed by atoms with van der Waals surface area (Å²) in [5.74, 6) is 0.